The minimum Gasteiger partial charge on any atom is -0.303 e. The lowest BCUT2D eigenvalue weighted by molar-refractivity contribution is -0.113. The number of aldehydes is 1. The summed E-state index contributed by atoms with van der Waals surface area (Å²) >= 11 is 0. The Morgan fingerprint density at radius 2 is 2.00 bits per heavy atom. The molecule has 4 unspecified atom stereocenters. The van der Waals surface area contributed by atoms with Gasteiger partial charge in [0, 0.05) is 5.92 Å². The third-order valence-corrected chi connectivity index (χ3v) is 3.89. The standard InChI is InChI=1S/C12H22O/c1-4-11(8-13)12-6-5-9(2)10(3)7-12/h8-12H,4-7H2,1-3H3. The van der Waals surface area contributed by atoms with Gasteiger partial charge in [-0.1, -0.05) is 27.2 Å². The number of carbonyl (C=O) groups excluding carboxylic acids is 1. The van der Waals surface area contributed by atoms with E-state index in [2.05, 4.69) is 20.8 Å². The Bertz CT molecular complexity index is 165. The second kappa shape index (κ2) is 4.78. The molecule has 0 radical (unpaired) electrons. The van der Waals surface area contributed by atoms with E-state index in [4.69, 9.17) is 0 Å². The van der Waals surface area contributed by atoms with Crippen molar-refractivity contribution < 1.29 is 4.79 Å². The van der Waals surface area contributed by atoms with Gasteiger partial charge in [-0.15, -0.1) is 0 Å². The lowest BCUT2D eigenvalue weighted by atomic mass is 9.71. The van der Waals surface area contributed by atoms with Gasteiger partial charge < -0.3 is 4.79 Å². The van der Waals surface area contributed by atoms with Crippen molar-refractivity contribution in [1.29, 1.82) is 0 Å². The maximum absolute atomic E-state index is 10.8. The molecule has 1 aliphatic carbocycles. The molecule has 1 rings (SSSR count). The first kappa shape index (κ1) is 10.7. The highest BCUT2D eigenvalue weighted by atomic mass is 16.1. The third-order valence-electron chi connectivity index (χ3n) is 3.89. The molecule has 1 aliphatic rings. The molecule has 0 saturated heterocycles. The molecule has 0 amide bonds. The smallest absolute Gasteiger partial charge is 0.123 e. The maximum atomic E-state index is 10.8. The van der Waals surface area contributed by atoms with Crippen LogP contribution in [0.5, 0.6) is 0 Å². The van der Waals surface area contributed by atoms with Crippen LogP contribution in [0.2, 0.25) is 0 Å². The molecule has 13 heavy (non-hydrogen) atoms. The highest BCUT2D eigenvalue weighted by Crippen LogP contribution is 2.37. The molecule has 1 heteroatoms. The molecule has 0 aromatic carbocycles. The van der Waals surface area contributed by atoms with Crippen LogP contribution in [0.3, 0.4) is 0 Å². The fourth-order valence-corrected chi connectivity index (χ4v) is 2.52. The molecule has 4 atom stereocenters. The number of rotatable bonds is 3. The molecule has 1 saturated carbocycles. The Labute approximate surface area is 81.9 Å². The van der Waals surface area contributed by atoms with Crippen LogP contribution < -0.4 is 0 Å². The summed E-state index contributed by atoms with van der Waals surface area (Å²) in [6, 6.07) is 0. The fraction of sp³-hybridized carbons (Fsp3) is 0.917. The van der Waals surface area contributed by atoms with Gasteiger partial charge in [-0.05, 0) is 37.0 Å². The second-order valence-corrected chi connectivity index (χ2v) is 4.74. The number of hydrogen-bond acceptors (Lipinski definition) is 1. The summed E-state index contributed by atoms with van der Waals surface area (Å²) in [4.78, 5) is 10.8. The Balaban J connectivity index is 2.48. The summed E-state index contributed by atoms with van der Waals surface area (Å²) in [6.45, 7) is 6.79. The summed E-state index contributed by atoms with van der Waals surface area (Å²) in [5.41, 5.74) is 0. The van der Waals surface area contributed by atoms with E-state index in [9.17, 15) is 4.79 Å². The van der Waals surface area contributed by atoms with Crippen LogP contribution in [0.1, 0.15) is 46.5 Å². The van der Waals surface area contributed by atoms with Crippen LogP contribution in [-0.4, -0.2) is 6.29 Å². The summed E-state index contributed by atoms with van der Waals surface area (Å²) in [7, 11) is 0. The van der Waals surface area contributed by atoms with Gasteiger partial charge in [0.05, 0.1) is 0 Å². The molecule has 1 fully saturated rings. The largest absolute Gasteiger partial charge is 0.303 e. The highest BCUT2D eigenvalue weighted by molar-refractivity contribution is 5.53. The molecule has 0 aromatic heterocycles. The van der Waals surface area contributed by atoms with E-state index in [0.717, 1.165) is 18.3 Å². The maximum Gasteiger partial charge on any atom is 0.123 e. The van der Waals surface area contributed by atoms with Crippen molar-refractivity contribution >= 4 is 6.29 Å². The third kappa shape index (κ3) is 2.55. The summed E-state index contributed by atoms with van der Waals surface area (Å²) < 4.78 is 0. The van der Waals surface area contributed by atoms with Crippen molar-refractivity contribution in [3.05, 3.63) is 0 Å². The van der Waals surface area contributed by atoms with Crippen molar-refractivity contribution in [2.75, 3.05) is 0 Å². The topological polar surface area (TPSA) is 17.1 Å². The van der Waals surface area contributed by atoms with Crippen LogP contribution in [0.25, 0.3) is 0 Å². The SMILES string of the molecule is CCC(C=O)C1CCC(C)C(C)C1. The van der Waals surface area contributed by atoms with Gasteiger partial charge in [0.15, 0.2) is 0 Å². The normalized spacial score (nSPS) is 37.0. The van der Waals surface area contributed by atoms with E-state index in [-0.39, 0.29) is 0 Å². The molecule has 0 spiro atoms. The van der Waals surface area contributed by atoms with E-state index < -0.39 is 0 Å². The Morgan fingerprint density at radius 3 is 2.46 bits per heavy atom. The first-order valence-corrected chi connectivity index (χ1v) is 5.64. The predicted molar refractivity (Wildman–Crippen MR) is 55.5 cm³/mol. The Morgan fingerprint density at radius 1 is 1.31 bits per heavy atom. The van der Waals surface area contributed by atoms with E-state index in [1.165, 1.54) is 25.5 Å². The molecule has 1 nitrogen and oxygen atoms in total. The zero-order valence-electron chi connectivity index (χ0n) is 9.12. The number of hydrogen-bond donors (Lipinski definition) is 0. The van der Waals surface area contributed by atoms with Crippen molar-refractivity contribution in [3.8, 4) is 0 Å². The van der Waals surface area contributed by atoms with Gasteiger partial charge in [0.1, 0.15) is 6.29 Å². The molecule has 0 N–H and O–H groups in total. The molecule has 0 heterocycles. The van der Waals surface area contributed by atoms with Crippen LogP contribution in [0.4, 0.5) is 0 Å². The Hall–Kier alpha value is -0.330. The molecule has 0 aromatic rings. The van der Waals surface area contributed by atoms with Crippen molar-refractivity contribution in [3.63, 3.8) is 0 Å². The van der Waals surface area contributed by atoms with Crippen molar-refractivity contribution in [2.24, 2.45) is 23.7 Å². The van der Waals surface area contributed by atoms with Gasteiger partial charge in [0.2, 0.25) is 0 Å². The van der Waals surface area contributed by atoms with Crippen LogP contribution in [-0.2, 0) is 4.79 Å². The van der Waals surface area contributed by atoms with Gasteiger partial charge in [-0.3, -0.25) is 0 Å². The Kier molecular flexibility index (Phi) is 3.95. The van der Waals surface area contributed by atoms with Crippen LogP contribution >= 0.6 is 0 Å². The quantitative estimate of drug-likeness (QED) is 0.612. The zero-order chi connectivity index (χ0) is 9.84. The summed E-state index contributed by atoms with van der Waals surface area (Å²) in [5, 5.41) is 0. The molecule has 76 valence electrons. The monoisotopic (exact) mass is 182 g/mol. The zero-order valence-corrected chi connectivity index (χ0v) is 9.12. The average Bonchev–Trinajstić information content (AvgIpc) is 2.13. The highest BCUT2D eigenvalue weighted by Gasteiger charge is 2.28. The minimum absolute atomic E-state index is 0.329. The van der Waals surface area contributed by atoms with E-state index in [1.807, 2.05) is 0 Å². The summed E-state index contributed by atoms with van der Waals surface area (Å²) in [6.07, 6.45) is 6.04. The van der Waals surface area contributed by atoms with Gasteiger partial charge in [-0.2, -0.15) is 0 Å². The fourth-order valence-electron chi connectivity index (χ4n) is 2.52. The molecular formula is C12H22O. The first-order chi connectivity index (χ1) is 6.19. The van der Waals surface area contributed by atoms with Crippen LogP contribution in [0, 0.1) is 23.7 Å². The predicted octanol–water partition coefficient (Wildman–Crippen LogP) is 3.28. The average molecular weight is 182 g/mol. The van der Waals surface area contributed by atoms with Gasteiger partial charge >= 0.3 is 0 Å². The van der Waals surface area contributed by atoms with E-state index >= 15 is 0 Å². The summed E-state index contributed by atoms with van der Waals surface area (Å²) in [5.74, 6) is 2.68. The minimum atomic E-state index is 0.329. The molecule has 0 bridgehead atoms. The first-order valence-electron chi connectivity index (χ1n) is 5.64. The van der Waals surface area contributed by atoms with Gasteiger partial charge in [0.25, 0.3) is 0 Å². The lowest BCUT2D eigenvalue weighted by Gasteiger charge is -2.34. The van der Waals surface area contributed by atoms with Crippen molar-refractivity contribution in [2.45, 2.75) is 46.5 Å². The van der Waals surface area contributed by atoms with Gasteiger partial charge in [-0.25, -0.2) is 0 Å². The van der Waals surface area contributed by atoms with E-state index in [1.54, 1.807) is 0 Å². The van der Waals surface area contributed by atoms with Crippen molar-refractivity contribution in [1.82, 2.24) is 0 Å². The second-order valence-electron chi connectivity index (χ2n) is 4.74. The lowest BCUT2D eigenvalue weighted by Crippen LogP contribution is -2.26. The number of carbonyl (C=O) groups is 1. The van der Waals surface area contributed by atoms with Crippen LogP contribution in [0.15, 0.2) is 0 Å². The molecule has 0 aliphatic heterocycles. The van der Waals surface area contributed by atoms with E-state index in [0.29, 0.717) is 11.8 Å². The molecular weight excluding hydrogens is 160 g/mol.